The van der Waals surface area contributed by atoms with E-state index in [0.717, 1.165) is 22.5 Å². The van der Waals surface area contributed by atoms with Crippen molar-refractivity contribution in [1.82, 2.24) is 0 Å². The molecule has 2 rings (SSSR count). The van der Waals surface area contributed by atoms with Gasteiger partial charge < -0.3 is 15.7 Å². The van der Waals surface area contributed by atoms with Gasteiger partial charge in [0.15, 0.2) is 0 Å². The second-order valence-corrected chi connectivity index (χ2v) is 4.90. The van der Waals surface area contributed by atoms with E-state index in [1.54, 1.807) is 18.2 Å². The fourth-order valence-corrected chi connectivity index (χ4v) is 2.14. The number of phenols is 1. The van der Waals surface area contributed by atoms with Crippen LogP contribution in [0.1, 0.15) is 11.1 Å². The van der Waals surface area contributed by atoms with Gasteiger partial charge in [-0.3, -0.25) is 0 Å². The molecule has 0 bridgehead atoms. The topological polar surface area (TPSA) is 49.5 Å². The fraction of sp³-hybridized carbons (Fsp3) is 0.133. The summed E-state index contributed by atoms with van der Waals surface area (Å²) in [5.41, 5.74) is 9.52. The van der Waals surface area contributed by atoms with Crippen LogP contribution in [0.15, 0.2) is 42.5 Å². The van der Waals surface area contributed by atoms with Gasteiger partial charge in [-0.05, 0) is 36.8 Å². The highest BCUT2D eigenvalue weighted by atomic mass is 32.1. The Morgan fingerprint density at radius 2 is 1.95 bits per heavy atom. The molecule has 0 heterocycles. The van der Waals surface area contributed by atoms with Gasteiger partial charge in [0.25, 0.3) is 0 Å². The van der Waals surface area contributed by atoms with E-state index in [9.17, 15) is 5.11 Å². The third-order valence-electron chi connectivity index (χ3n) is 3.00. The molecule has 0 unspecified atom stereocenters. The van der Waals surface area contributed by atoms with Gasteiger partial charge in [0.2, 0.25) is 0 Å². The Bertz CT molecular complexity index is 625. The lowest BCUT2D eigenvalue weighted by Crippen LogP contribution is -2.17. The second-order valence-electron chi connectivity index (χ2n) is 4.46. The van der Waals surface area contributed by atoms with E-state index >= 15 is 0 Å². The Hall–Kier alpha value is -2.07. The quantitative estimate of drug-likeness (QED) is 0.843. The predicted octanol–water partition coefficient (Wildman–Crippen LogP) is 3.10. The number of hydrogen-bond acceptors (Lipinski definition) is 3. The molecule has 0 radical (unpaired) electrons. The van der Waals surface area contributed by atoms with Crippen molar-refractivity contribution in [3.63, 3.8) is 0 Å². The van der Waals surface area contributed by atoms with Gasteiger partial charge >= 0.3 is 0 Å². The lowest BCUT2D eigenvalue weighted by atomic mass is 10.1. The molecule has 2 aromatic carbocycles. The van der Waals surface area contributed by atoms with Gasteiger partial charge in [-0.1, -0.05) is 24.4 Å². The van der Waals surface area contributed by atoms with E-state index < -0.39 is 0 Å². The van der Waals surface area contributed by atoms with Crippen molar-refractivity contribution in [1.29, 1.82) is 0 Å². The number of benzene rings is 2. The van der Waals surface area contributed by atoms with Gasteiger partial charge in [0, 0.05) is 24.4 Å². The summed E-state index contributed by atoms with van der Waals surface area (Å²) in [5.74, 6) is 0.230. The summed E-state index contributed by atoms with van der Waals surface area (Å²) in [4.78, 5) is 2.32. The molecule has 0 aliphatic rings. The molecule has 0 atom stereocenters. The average molecular weight is 272 g/mol. The zero-order chi connectivity index (χ0) is 14.0. The van der Waals surface area contributed by atoms with E-state index in [1.165, 1.54) is 0 Å². The first-order valence-corrected chi connectivity index (χ1v) is 6.33. The van der Waals surface area contributed by atoms with Crippen LogP contribution in [0.3, 0.4) is 0 Å². The molecular formula is C15H16N2OS. The number of aromatic hydroxyl groups is 1. The van der Waals surface area contributed by atoms with Crippen molar-refractivity contribution in [2.24, 2.45) is 5.73 Å². The summed E-state index contributed by atoms with van der Waals surface area (Å²) in [6.07, 6.45) is 0. The number of nitrogens with zero attached hydrogens (tertiary/aromatic N) is 1. The summed E-state index contributed by atoms with van der Waals surface area (Å²) in [6, 6.07) is 13.0. The van der Waals surface area contributed by atoms with Crippen LogP contribution in [0.4, 0.5) is 11.4 Å². The number of thiocarbonyl (C=S) groups is 1. The summed E-state index contributed by atoms with van der Waals surface area (Å²) in [5, 5.41) is 9.56. The van der Waals surface area contributed by atoms with Crippen molar-refractivity contribution in [3.05, 3.63) is 53.6 Å². The molecule has 0 aliphatic carbocycles. The number of rotatable bonds is 3. The van der Waals surface area contributed by atoms with Gasteiger partial charge in [-0.25, -0.2) is 0 Å². The molecule has 0 amide bonds. The molecule has 0 fully saturated rings. The van der Waals surface area contributed by atoms with Crippen molar-refractivity contribution in [2.75, 3.05) is 11.9 Å². The summed E-state index contributed by atoms with van der Waals surface area (Å²) in [7, 11) is 1.92. The Morgan fingerprint density at radius 1 is 1.21 bits per heavy atom. The third kappa shape index (κ3) is 2.85. The molecule has 4 heteroatoms. The van der Waals surface area contributed by atoms with E-state index in [-0.39, 0.29) is 5.75 Å². The first-order chi connectivity index (χ1) is 8.99. The molecule has 0 aliphatic heterocycles. The van der Waals surface area contributed by atoms with Crippen LogP contribution < -0.4 is 10.6 Å². The van der Waals surface area contributed by atoms with Crippen molar-refractivity contribution >= 4 is 28.6 Å². The molecule has 3 N–H and O–H groups in total. The van der Waals surface area contributed by atoms with Crippen LogP contribution in [-0.2, 0) is 0 Å². The van der Waals surface area contributed by atoms with E-state index in [1.807, 2.05) is 43.1 Å². The maximum absolute atomic E-state index is 9.56. The molecule has 19 heavy (non-hydrogen) atoms. The highest BCUT2D eigenvalue weighted by molar-refractivity contribution is 7.80. The largest absolute Gasteiger partial charge is 0.508 e. The second kappa shape index (κ2) is 5.28. The van der Waals surface area contributed by atoms with Gasteiger partial charge in [0.05, 0.1) is 5.69 Å². The van der Waals surface area contributed by atoms with Crippen LogP contribution in [0.2, 0.25) is 0 Å². The van der Waals surface area contributed by atoms with Crippen LogP contribution >= 0.6 is 12.2 Å². The van der Waals surface area contributed by atoms with Crippen molar-refractivity contribution in [3.8, 4) is 5.75 Å². The third-order valence-corrected chi connectivity index (χ3v) is 3.22. The van der Waals surface area contributed by atoms with Crippen LogP contribution in [0.5, 0.6) is 5.75 Å². The van der Waals surface area contributed by atoms with Crippen molar-refractivity contribution < 1.29 is 5.11 Å². The number of anilines is 2. The maximum atomic E-state index is 9.56. The van der Waals surface area contributed by atoms with Crippen molar-refractivity contribution in [2.45, 2.75) is 6.92 Å². The normalized spacial score (nSPS) is 10.2. The molecule has 0 spiro atoms. The SMILES string of the molecule is Cc1ccc(C(N)=S)c(N(C)c2cccc(O)c2)c1. The number of nitrogens with two attached hydrogens (primary N) is 1. The Balaban J connectivity index is 2.51. The molecule has 98 valence electrons. The zero-order valence-electron chi connectivity index (χ0n) is 10.9. The first-order valence-electron chi connectivity index (χ1n) is 5.92. The fourth-order valence-electron chi connectivity index (χ4n) is 1.97. The maximum Gasteiger partial charge on any atom is 0.117 e. The van der Waals surface area contributed by atoms with Crippen LogP contribution in [-0.4, -0.2) is 17.1 Å². The minimum atomic E-state index is 0.230. The standard InChI is InChI=1S/C15H16N2OS/c1-10-6-7-13(15(16)19)14(8-10)17(2)11-4-3-5-12(18)9-11/h3-9,18H,1-2H3,(H2,16,19). The Morgan fingerprint density at radius 3 is 2.58 bits per heavy atom. The number of hydrogen-bond donors (Lipinski definition) is 2. The Kier molecular flexibility index (Phi) is 3.71. The zero-order valence-corrected chi connectivity index (χ0v) is 11.7. The highest BCUT2D eigenvalue weighted by Crippen LogP contribution is 2.29. The summed E-state index contributed by atoms with van der Waals surface area (Å²) < 4.78 is 0. The van der Waals surface area contributed by atoms with E-state index in [2.05, 4.69) is 0 Å². The minimum absolute atomic E-state index is 0.230. The molecular weight excluding hydrogens is 256 g/mol. The summed E-state index contributed by atoms with van der Waals surface area (Å²) in [6.45, 7) is 2.02. The predicted molar refractivity (Wildman–Crippen MR) is 83.2 cm³/mol. The molecule has 3 nitrogen and oxygen atoms in total. The lowest BCUT2D eigenvalue weighted by Gasteiger charge is -2.23. The monoisotopic (exact) mass is 272 g/mol. The average Bonchev–Trinajstić information content (AvgIpc) is 2.37. The van der Waals surface area contributed by atoms with Gasteiger partial charge in [0.1, 0.15) is 10.7 Å². The smallest absolute Gasteiger partial charge is 0.117 e. The Labute approximate surface area is 118 Å². The van der Waals surface area contributed by atoms with E-state index in [0.29, 0.717) is 4.99 Å². The summed E-state index contributed by atoms with van der Waals surface area (Å²) >= 11 is 5.09. The molecule has 0 aromatic heterocycles. The van der Waals surface area contributed by atoms with Gasteiger partial charge in [-0.2, -0.15) is 0 Å². The van der Waals surface area contributed by atoms with Crippen LogP contribution in [0, 0.1) is 6.92 Å². The van der Waals surface area contributed by atoms with Gasteiger partial charge in [-0.15, -0.1) is 0 Å². The molecule has 0 saturated carbocycles. The molecule has 2 aromatic rings. The highest BCUT2D eigenvalue weighted by Gasteiger charge is 2.11. The van der Waals surface area contributed by atoms with Crippen LogP contribution in [0.25, 0.3) is 0 Å². The number of phenolic OH excluding ortho intramolecular Hbond substituents is 1. The first kappa shape index (κ1) is 13.4. The van der Waals surface area contributed by atoms with E-state index in [4.69, 9.17) is 18.0 Å². The minimum Gasteiger partial charge on any atom is -0.508 e. The number of aryl methyl sites for hydroxylation is 1. The lowest BCUT2D eigenvalue weighted by molar-refractivity contribution is 0.475. The molecule has 0 saturated heterocycles.